The summed E-state index contributed by atoms with van der Waals surface area (Å²) in [5.41, 5.74) is -1.66. The van der Waals surface area contributed by atoms with E-state index in [-0.39, 0.29) is 22.7 Å². The van der Waals surface area contributed by atoms with Gasteiger partial charge in [0.15, 0.2) is 12.6 Å². The molecule has 0 unspecified atom stereocenters. The molecule has 4 saturated carbocycles. The van der Waals surface area contributed by atoms with Crippen LogP contribution in [-0.2, 0) is 33.2 Å². The average molecular weight is 789 g/mol. The van der Waals surface area contributed by atoms with E-state index in [1.54, 1.807) is 0 Å². The molecule has 7 rings (SSSR count). The number of carbonyl (C=O) groups excluding carboxylic acids is 1. The highest BCUT2D eigenvalue weighted by molar-refractivity contribution is 5.77. The fraction of sp³-hybridized carbons (Fsp3) is 0.921. The molecule has 0 radical (unpaired) electrons. The van der Waals surface area contributed by atoms with Crippen LogP contribution in [0.1, 0.15) is 78.6 Å². The van der Waals surface area contributed by atoms with Crippen LogP contribution in [0.5, 0.6) is 0 Å². The molecule has 7 aliphatic rings. The Labute approximate surface area is 319 Å². The third kappa shape index (κ3) is 6.63. The molecule has 4 aliphatic carbocycles. The monoisotopic (exact) mass is 788 g/mol. The lowest BCUT2D eigenvalue weighted by Gasteiger charge is -2.64. The van der Waals surface area contributed by atoms with E-state index in [1.807, 2.05) is 6.92 Å². The van der Waals surface area contributed by atoms with Crippen LogP contribution in [0.15, 0.2) is 12.2 Å². The molecule has 0 aromatic rings. The van der Waals surface area contributed by atoms with Crippen LogP contribution in [0.25, 0.3) is 0 Å². The van der Waals surface area contributed by atoms with E-state index in [0.717, 1.165) is 24.8 Å². The summed E-state index contributed by atoms with van der Waals surface area (Å²) in [6.07, 6.45) is -16.2. The highest BCUT2D eigenvalue weighted by Crippen LogP contribution is 2.73. The first-order valence-corrected chi connectivity index (χ1v) is 19.7. The topological polar surface area (TPSA) is 275 Å². The number of esters is 1. The number of aliphatic hydroxyl groups is 10. The second-order valence-corrected chi connectivity index (χ2v) is 18.0. The first-order valence-electron chi connectivity index (χ1n) is 19.7. The van der Waals surface area contributed by atoms with Gasteiger partial charge in [0, 0.05) is 0 Å². The molecular weight excluding hydrogens is 728 g/mol. The highest BCUT2D eigenvalue weighted by Gasteiger charge is 2.69. The molecule has 314 valence electrons. The maximum Gasteiger partial charge on any atom is 0.314 e. The molecule has 7 fully saturated rings. The Kier molecular flexibility index (Phi) is 11.4. The van der Waals surface area contributed by atoms with Gasteiger partial charge in [0.25, 0.3) is 0 Å². The lowest BCUT2D eigenvalue weighted by atomic mass is 9.41. The van der Waals surface area contributed by atoms with Crippen LogP contribution in [0.3, 0.4) is 0 Å². The number of rotatable bonds is 8. The third-order valence-electron chi connectivity index (χ3n) is 14.9. The first-order chi connectivity index (χ1) is 25.9. The molecule has 3 aliphatic heterocycles. The van der Waals surface area contributed by atoms with Crippen LogP contribution < -0.4 is 0 Å². The van der Waals surface area contributed by atoms with Crippen molar-refractivity contribution in [1.82, 2.24) is 0 Å². The van der Waals surface area contributed by atoms with Gasteiger partial charge in [0.2, 0.25) is 6.29 Å². The van der Waals surface area contributed by atoms with Gasteiger partial charge in [-0.3, -0.25) is 4.79 Å². The zero-order valence-electron chi connectivity index (χ0n) is 31.6. The van der Waals surface area contributed by atoms with Crippen molar-refractivity contribution in [2.75, 3.05) is 13.2 Å². The smallest absolute Gasteiger partial charge is 0.314 e. The second-order valence-electron chi connectivity index (χ2n) is 18.0. The third-order valence-corrected chi connectivity index (χ3v) is 14.9. The van der Waals surface area contributed by atoms with Crippen molar-refractivity contribution in [3.63, 3.8) is 0 Å². The largest absolute Gasteiger partial charge is 0.432 e. The minimum atomic E-state index is -1.70. The first kappa shape index (κ1) is 41.8. The SMILES string of the molecule is C=C1C[C@@]23CC[C@@H]4[C@@](C)(CCC[C@@]4(C)C(=O)O[C@@H]4O[C@H](CO)[C@@H](O)[C@H](O)[C@H]4O)[C@H]2CC[C@]1(O[C@@H]1O[C@@H](CO)[C@@H](O)[C@H](O)[C@H]1O[C@H]1O[C@@H](C)[C@H](O)[C@@H](O)[C@@H]1O)C3. The molecule has 0 amide bonds. The van der Waals surface area contributed by atoms with Gasteiger partial charge in [-0.2, -0.15) is 0 Å². The van der Waals surface area contributed by atoms with Crippen molar-refractivity contribution in [3.05, 3.63) is 12.2 Å². The van der Waals surface area contributed by atoms with Crippen molar-refractivity contribution >= 4 is 5.97 Å². The lowest BCUT2D eigenvalue weighted by molar-refractivity contribution is -0.376. The van der Waals surface area contributed by atoms with Crippen LogP contribution >= 0.6 is 0 Å². The summed E-state index contributed by atoms with van der Waals surface area (Å²) in [4.78, 5) is 14.1. The van der Waals surface area contributed by atoms with Gasteiger partial charge in [-0.05, 0) is 93.5 Å². The van der Waals surface area contributed by atoms with E-state index in [2.05, 4.69) is 13.5 Å². The Bertz CT molecular complexity index is 1430. The molecule has 0 aromatic carbocycles. The summed E-state index contributed by atoms with van der Waals surface area (Å²) < 4.78 is 35.8. The van der Waals surface area contributed by atoms with Crippen LogP contribution in [0, 0.1) is 28.1 Å². The molecule has 21 atom stereocenters. The van der Waals surface area contributed by atoms with Crippen LogP contribution in [-0.4, -0.2) is 168 Å². The van der Waals surface area contributed by atoms with Gasteiger partial charge < -0.3 is 79.5 Å². The normalized spacial score (nSPS) is 55.4. The number of fused-ring (bicyclic) bond motifs is 3. The van der Waals surface area contributed by atoms with Crippen molar-refractivity contribution < 1.29 is 84.3 Å². The number of carbonyl (C=O) groups is 1. The Balaban J connectivity index is 1.10. The van der Waals surface area contributed by atoms with Gasteiger partial charge in [-0.25, -0.2) is 0 Å². The molecule has 3 saturated heterocycles. The highest BCUT2D eigenvalue weighted by atomic mass is 16.8. The lowest BCUT2D eigenvalue weighted by Crippen LogP contribution is -2.65. The Morgan fingerprint density at radius 2 is 1.33 bits per heavy atom. The molecule has 17 heteroatoms. The van der Waals surface area contributed by atoms with Crippen LogP contribution in [0.4, 0.5) is 0 Å². The molecule has 10 N–H and O–H groups in total. The summed E-state index contributed by atoms with van der Waals surface area (Å²) in [5.74, 6) is -0.536. The summed E-state index contributed by atoms with van der Waals surface area (Å²) in [5, 5.41) is 104. The molecule has 3 heterocycles. The molecule has 55 heavy (non-hydrogen) atoms. The van der Waals surface area contributed by atoms with Gasteiger partial charge in [0.05, 0.1) is 30.3 Å². The zero-order valence-corrected chi connectivity index (χ0v) is 31.6. The molecule has 2 bridgehead atoms. The van der Waals surface area contributed by atoms with E-state index < -0.39 is 122 Å². The number of hydrogen-bond acceptors (Lipinski definition) is 17. The minimum Gasteiger partial charge on any atom is -0.432 e. The number of hydrogen-bond donors (Lipinski definition) is 10. The van der Waals surface area contributed by atoms with Crippen molar-refractivity contribution in [1.29, 1.82) is 0 Å². The molecule has 1 spiro atoms. The molecular formula is C38H60O17. The van der Waals surface area contributed by atoms with Gasteiger partial charge in [-0.1, -0.05) is 19.9 Å². The summed E-state index contributed by atoms with van der Waals surface area (Å²) in [6, 6.07) is 0. The maximum atomic E-state index is 14.1. The summed E-state index contributed by atoms with van der Waals surface area (Å²) >= 11 is 0. The predicted molar refractivity (Wildman–Crippen MR) is 185 cm³/mol. The Morgan fingerprint density at radius 3 is 2.00 bits per heavy atom. The van der Waals surface area contributed by atoms with E-state index >= 15 is 0 Å². The van der Waals surface area contributed by atoms with Gasteiger partial charge in [0.1, 0.15) is 67.1 Å². The minimum absolute atomic E-state index is 0.108. The van der Waals surface area contributed by atoms with Crippen molar-refractivity contribution in [3.8, 4) is 0 Å². The van der Waals surface area contributed by atoms with E-state index in [4.69, 9.17) is 28.4 Å². The van der Waals surface area contributed by atoms with Crippen LogP contribution in [0.2, 0.25) is 0 Å². The van der Waals surface area contributed by atoms with E-state index in [9.17, 15) is 55.9 Å². The predicted octanol–water partition coefficient (Wildman–Crippen LogP) is -1.91. The zero-order chi connectivity index (χ0) is 40.0. The van der Waals surface area contributed by atoms with Crippen molar-refractivity contribution in [2.45, 2.75) is 176 Å². The van der Waals surface area contributed by atoms with Gasteiger partial charge in [-0.15, -0.1) is 0 Å². The Hall–Kier alpha value is -1.39. The number of ether oxygens (including phenoxy) is 6. The maximum absolute atomic E-state index is 14.1. The molecule has 0 aromatic heterocycles. The standard InChI is InChI=1S/C38H60O17/c1-16-12-37-10-6-20-35(3,8-5-9-36(20,4)34(49)54-32-29(48)26(45)23(42)18(13-39)51-32)21(37)7-11-38(16,15-37)55-33-30(27(46)24(43)19(14-40)52-33)53-31-28(47)25(44)22(41)17(2)50-31/h17-33,39-48H,1,5-15H2,2-4H3/t17-,18+,19-,20+,21+,22-,23+,24+,25+,26-,27-,28-,29+,30+,31+,32-,33-,35+,36+,37+,38-/m0/s1. The van der Waals surface area contributed by atoms with Crippen molar-refractivity contribution in [2.24, 2.45) is 28.1 Å². The number of aliphatic hydroxyl groups excluding tert-OH is 10. The molecule has 17 nitrogen and oxygen atoms in total. The van der Waals surface area contributed by atoms with Gasteiger partial charge >= 0.3 is 5.97 Å². The second kappa shape index (κ2) is 15.0. The Morgan fingerprint density at radius 1 is 0.727 bits per heavy atom. The summed E-state index contributed by atoms with van der Waals surface area (Å²) in [6.45, 7) is 8.81. The van der Waals surface area contributed by atoms with E-state index in [0.29, 0.717) is 38.5 Å². The average Bonchev–Trinajstić information content (AvgIpc) is 3.35. The fourth-order valence-electron chi connectivity index (χ4n) is 12.0. The summed E-state index contributed by atoms with van der Waals surface area (Å²) in [7, 11) is 0. The fourth-order valence-corrected chi connectivity index (χ4v) is 12.0. The quantitative estimate of drug-likeness (QED) is 0.0730. The van der Waals surface area contributed by atoms with E-state index in [1.165, 1.54) is 6.92 Å².